The predicted molar refractivity (Wildman–Crippen MR) is 135 cm³/mol. The third-order valence-corrected chi connectivity index (χ3v) is 7.12. The number of imide groups is 1. The van der Waals surface area contributed by atoms with Crippen LogP contribution in [0.3, 0.4) is 0 Å². The lowest BCUT2D eigenvalue weighted by Gasteiger charge is -2.47. The molecule has 0 bridgehead atoms. The molecule has 2 aromatic carbocycles. The van der Waals surface area contributed by atoms with Crippen molar-refractivity contribution in [3.8, 4) is 0 Å². The second-order valence-corrected chi connectivity index (χ2v) is 10.0. The van der Waals surface area contributed by atoms with Gasteiger partial charge in [0.05, 0.1) is 24.3 Å². The van der Waals surface area contributed by atoms with Crippen LogP contribution in [-0.2, 0) is 35.1 Å². The number of benzene rings is 2. The van der Waals surface area contributed by atoms with Crippen molar-refractivity contribution < 1.29 is 38.1 Å². The molecule has 2 aliphatic heterocycles. The number of esters is 2. The van der Waals surface area contributed by atoms with E-state index in [0.717, 1.165) is 10.5 Å². The van der Waals surface area contributed by atoms with Crippen LogP contribution in [-0.4, -0.2) is 70.8 Å². The smallest absolute Gasteiger partial charge is 0.303 e. The number of hydrogen-bond acceptors (Lipinski definition) is 9. The van der Waals surface area contributed by atoms with Crippen molar-refractivity contribution >= 4 is 35.5 Å². The highest BCUT2D eigenvalue weighted by atomic mass is 32.2. The molecule has 196 valence electrons. The molecule has 0 saturated carbocycles. The lowest BCUT2D eigenvalue weighted by molar-refractivity contribution is -0.217. The summed E-state index contributed by atoms with van der Waals surface area (Å²) in [6.45, 7) is 4.69. The van der Waals surface area contributed by atoms with E-state index in [2.05, 4.69) is 0 Å². The molecule has 4 rings (SSSR count). The fraction of sp³-hybridized carbons (Fsp3) is 0.407. The molecule has 2 amide bonds. The maximum atomic E-state index is 13.4. The molecule has 0 radical (unpaired) electrons. The van der Waals surface area contributed by atoms with Gasteiger partial charge in [-0.05, 0) is 23.4 Å². The van der Waals surface area contributed by atoms with Crippen molar-refractivity contribution in [1.82, 2.24) is 4.90 Å². The zero-order valence-electron chi connectivity index (χ0n) is 20.8. The van der Waals surface area contributed by atoms with Gasteiger partial charge < -0.3 is 18.9 Å². The van der Waals surface area contributed by atoms with E-state index in [0.29, 0.717) is 12.4 Å². The summed E-state index contributed by atoms with van der Waals surface area (Å²) < 4.78 is 23.5. The second-order valence-electron chi connectivity index (χ2n) is 8.66. The van der Waals surface area contributed by atoms with Crippen LogP contribution in [0.2, 0.25) is 0 Å². The number of ether oxygens (including phenoxy) is 4. The zero-order valence-corrected chi connectivity index (χ0v) is 21.6. The Kier molecular flexibility index (Phi) is 8.63. The Morgan fingerprint density at radius 2 is 1.46 bits per heavy atom. The van der Waals surface area contributed by atoms with Crippen LogP contribution in [0.15, 0.2) is 54.6 Å². The van der Waals surface area contributed by atoms with Gasteiger partial charge in [-0.1, -0.05) is 49.4 Å². The van der Waals surface area contributed by atoms with Crippen molar-refractivity contribution in [2.24, 2.45) is 0 Å². The maximum absolute atomic E-state index is 13.4. The molecule has 2 aliphatic rings. The molecule has 2 aromatic rings. The van der Waals surface area contributed by atoms with Gasteiger partial charge >= 0.3 is 11.9 Å². The molecule has 9 nitrogen and oxygen atoms in total. The summed E-state index contributed by atoms with van der Waals surface area (Å²) in [6, 6.07) is 15.0. The fourth-order valence-corrected chi connectivity index (χ4v) is 5.63. The summed E-state index contributed by atoms with van der Waals surface area (Å²) in [6.07, 6.45) is -3.08. The number of hydrogen-bond donors (Lipinski definition) is 0. The average molecular weight is 528 g/mol. The van der Waals surface area contributed by atoms with Crippen molar-refractivity contribution in [2.75, 3.05) is 12.4 Å². The minimum Gasteiger partial charge on any atom is -0.456 e. The lowest BCUT2D eigenvalue weighted by Crippen LogP contribution is -2.66. The third kappa shape index (κ3) is 5.87. The molecule has 0 aliphatic carbocycles. The Balaban J connectivity index is 1.67. The first-order valence-corrected chi connectivity index (χ1v) is 13.1. The molecule has 0 N–H and O–H groups in total. The van der Waals surface area contributed by atoms with Crippen LogP contribution < -0.4 is 0 Å². The van der Waals surface area contributed by atoms with E-state index in [1.807, 2.05) is 37.3 Å². The van der Waals surface area contributed by atoms with Gasteiger partial charge in [0.1, 0.15) is 17.6 Å². The summed E-state index contributed by atoms with van der Waals surface area (Å²) in [5, 5.41) is 0. The van der Waals surface area contributed by atoms with Crippen molar-refractivity contribution in [2.45, 2.75) is 57.2 Å². The summed E-state index contributed by atoms with van der Waals surface area (Å²) in [7, 11) is 0. The number of fused-ring (bicyclic) bond motifs is 1. The van der Waals surface area contributed by atoms with E-state index in [9.17, 15) is 19.2 Å². The Hall–Kier alpha value is -3.21. The van der Waals surface area contributed by atoms with Gasteiger partial charge in [-0.25, -0.2) is 0 Å². The maximum Gasteiger partial charge on any atom is 0.303 e. The Labute approximate surface area is 219 Å². The summed E-state index contributed by atoms with van der Waals surface area (Å²) in [5.74, 6) is -1.72. The molecular formula is C27H29NO8S. The SMILES string of the molecule is CCS[C@@H]1O[C@H](COCc2ccccc2)[C@H](OC(C)=O)[C@H](OC(C)=O)[C@H]1N1C(=O)c2ccccc2C1=O. The van der Waals surface area contributed by atoms with Gasteiger partial charge in [-0.2, -0.15) is 0 Å². The Bertz CT molecular complexity index is 1120. The highest BCUT2D eigenvalue weighted by Crippen LogP contribution is 2.38. The van der Waals surface area contributed by atoms with Gasteiger partial charge in [0.25, 0.3) is 11.8 Å². The standard InChI is InChI=1S/C27H29NO8S/c1-4-37-27-22(28-25(31)19-12-8-9-13-20(19)26(28)32)24(35-17(3)30)23(34-16(2)29)21(36-27)15-33-14-18-10-6-5-7-11-18/h5-13,21-24,27H,4,14-15H2,1-3H3/t21-,22-,23+,24-,27+/m1/s1. The molecule has 2 heterocycles. The van der Waals surface area contributed by atoms with Gasteiger partial charge in [-0.3, -0.25) is 24.1 Å². The summed E-state index contributed by atoms with van der Waals surface area (Å²) in [4.78, 5) is 52.2. The normalized spacial score (nSPS) is 25.1. The largest absolute Gasteiger partial charge is 0.456 e. The van der Waals surface area contributed by atoms with Crippen LogP contribution in [0.25, 0.3) is 0 Å². The number of nitrogens with zero attached hydrogens (tertiary/aromatic N) is 1. The molecule has 0 unspecified atom stereocenters. The molecule has 0 aromatic heterocycles. The minimum absolute atomic E-state index is 0.0280. The van der Waals surface area contributed by atoms with Crippen LogP contribution in [0.1, 0.15) is 47.1 Å². The number of thioether (sulfide) groups is 1. The van der Waals surface area contributed by atoms with E-state index < -0.39 is 53.5 Å². The molecule has 10 heteroatoms. The average Bonchev–Trinajstić information content (AvgIpc) is 3.11. The number of carbonyl (C=O) groups excluding carboxylic acids is 4. The third-order valence-electron chi connectivity index (χ3n) is 6.07. The summed E-state index contributed by atoms with van der Waals surface area (Å²) >= 11 is 1.36. The second kappa shape index (κ2) is 11.9. The number of rotatable bonds is 9. The summed E-state index contributed by atoms with van der Waals surface area (Å²) in [5.41, 5.74) is 0.703. The fourth-order valence-electron chi connectivity index (χ4n) is 4.60. The van der Waals surface area contributed by atoms with E-state index in [4.69, 9.17) is 18.9 Å². The highest BCUT2D eigenvalue weighted by Gasteiger charge is 2.56. The van der Waals surface area contributed by atoms with Gasteiger partial charge in [0, 0.05) is 13.8 Å². The highest BCUT2D eigenvalue weighted by molar-refractivity contribution is 7.99. The van der Waals surface area contributed by atoms with Gasteiger partial charge in [-0.15, -0.1) is 11.8 Å². The van der Waals surface area contributed by atoms with E-state index in [-0.39, 0.29) is 17.7 Å². The molecule has 0 spiro atoms. The first-order valence-electron chi connectivity index (χ1n) is 12.0. The predicted octanol–water partition coefficient (Wildman–Crippen LogP) is 3.21. The number of carbonyl (C=O) groups is 4. The molecular weight excluding hydrogens is 498 g/mol. The topological polar surface area (TPSA) is 108 Å². The molecule has 37 heavy (non-hydrogen) atoms. The quantitative estimate of drug-likeness (QED) is 0.359. The Morgan fingerprint density at radius 1 is 0.892 bits per heavy atom. The minimum atomic E-state index is -1.16. The molecule has 1 fully saturated rings. The zero-order chi connectivity index (χ0) is 26.5. The van der Waals surface area contributed by atoms with Crippen molar-refractivity contribution in [1.29, 1.82) is 0 Å². The van der Waals surface area contributed by atoms with E-state index in [1.165, 1.54) is 25.6 Å². The van der Waals surface area contributed by atoms with Crippen molar-refractivity contribution in [3.05, 3.63) is 71.3 Å². The van der Waals surface area contributed by atoms with Gasteiger partial charge in [0.2, 0.25) is 0 Å². The van der Waals surface area contributed by atoms with Gasteiger partial charge in [0.15, 0.2) is 12.2 Å². The van der Waals surface area contributed by atoms with Crippen molar-refractivity contribution in [3.63, 3.8) is 0 Å². The van der Waals surface area contributed by atoms with Crippen LogP contribution >= 0.6 is 11.8 Å². The van der Waals surface area contributed by atoms with E-state index in [1.54, 1.807) is 24.3 Å². The lowest BCUT2D eigenvalue weighted by atomic mass is 9.96. The van der Waals surface area contributed by atoms with Crippen LogP contribution in [0, 0.1) is 0 Å². The van der Waals surface area contributed by atoms with E-state index >= 15 is 0 Å². The monoisotopic (exact) mass is 527 g/mol. The first-order chi connectivity index (χ1) is 17.8. The Morgan fingerprint density at radius 3 is 2.03 bits per heavy atom. The molecule has 5 atom stereocenters. The van der Waals surface area contributed by atoms with Crippen LogP contribution in [0.5, 0.6) is 0 Å². The molecule has 1 saturated heterocycles. The first kappa shape index (κ1) is 26.8. The van der Waals surface area contributed by atoms with Crippen LogP contribution in [0.4, 0.5) is 0 Å². The number of amides is 2.